The number of hydrogen-bond donors (Lipinski definition) is 1. The second-order valence-electron chi connectivity index (χ2n) is 4.70. The lowest BCUT2D eigenvalue weighted by Crippen LogP contribution is -2.09. The molecule has 5 nitrogen and oxygen atoms in total. The minimum atomic E-state index is -3.23. The summed E-state index contributed by atoms with van der Waals surface area (Å²) in [5, 5.41) is 3.18. The molecule has 2 rings (SSSR count). The Morgan fingerprint density at radius 2 is 2.05 bits per heavy atom. The molecule has 1 N–H and O–H groups in total. The quantitative estimate of drug-likeness (QED) is 0.887. The smallest absolute Gasteiger partial charge is 0.177 e. The zero-order chi connectivity index (χ0) is 14.6. The van der Waals surface area contributed by atoms with Crippen molar-refractivity contribution < 1.29 is 8.42 Å². The van der Waals surface area contributed by atoms with Gasteiger partial charge in [0.05, 0.1) is 29.1 Å². The molecule has 1 aromatic heterocycles. The molecular weight excluding hydrogens is 274 g/mol. The van der Waals surface area contributed by atoms with Crippen LogP contribution in [0, 0.1) is 0 Å². The van der Waals surface area contributed by atoms with Crippen LogP contribution < -0.4 is 5.32 Å². The van der Waals surface area contributed by atoms with Gasteiger partial charge in [-0.25, -0.2) is 13.4 Å². The highest BCUT2D eigenvalue weighted by Crippen LogP contribution is 2.21. The Morgan fingerprint density at radius 1 is 1.30 bits per heavy atom. The largest absolute Gasteiger partial charge is 0.378 e. The maximum Gasteiger partial charge on any atom is 0.177 e. The number of aromatic nitrogens is 2. The van der Waals surface area contributed by atoms with Crippen molar-refractivity contribution in [3.8, 4) is 0 Å². The van der Waals surface area contributed by atoms with Gasteiger partial charge in [0.15, 0.2) is 9.84 Å². The normalized spacial score (nSPS) is 11.5. The molecule has 0 atom stereocenters. The molecule has 0 fully saturated rings. The van der Waals surface area contributed by atoms with Crippen LogP contribution in [0.5, 0.6) is 0 Å². The average molecular weight is 293 g/mol. The Hall–Kier alpha value is -1.82. The van der Waals surface area contributed by atoms with Gasteiger partial charge in [0.1, 0.15) is 0 Å². The molecule has 1 heterocycles. The first-order chi connectivity index (χ1) is 9.52. The Labute approximate surface area is 119 Å². The predicted molar refractivity (Wildman–Crippen MR) is 79.4 cm³/mol. The fourth-order valence-corrected chi connectivity index (χ4v) is 2.92. The minimum absolute atomic E-state index is 0.321. The van der Waals surface area contributed by atoms with E-state index in [4.69, 9.17) is 0 Å². The predicted octanol–water partition coefficient (Wildman–Crippen LogP) is 2.31. The molecule has 20 heavy (non-hydrogen) atoms. The van der Waals surface area contributed by atoms with Gasteiger partial charge in [0, 0.05) is 19.0 Å². The Bertz CT molecular complexity index is 677. The lowest BCUT2D eigenvalue weighted by atomic mass is 10.3. The summed E-state index contributed by atoms with van der Waals surface area (Å²) in [5.41, 5.74) is 1.66. The first kappa shape index (κ1) is 14.6. The zero-order valence-corrected chi connectivity index (χ0v) is 12.5. The Kier molecular flexibility index (Phi) is 4.44. The lowest BCUT2D eigenvalue weighted by Gasteiger charge is -2.12. The average Bonchev–Trinajstić information content (AvgIpc) is 2.83. The molecule has 0 aliphatic rings. The van der Waals surface area contributed by atoms with E-state index in [1.807, 2.05) is 6.07 Å². The molecule has 0 saturated heterocycles. The Balaban J connectivity index is 2.17. The topological polar surface area (TPSA) is 64.0 Å². The summed E-state index contributed by atoms with van der Waals surface area (Å²) < 4.78 is 25.5. The fraction of sp³-hybridized carbons (Fsp3) is 0.357. The third-order valence-electron chi connectivity index (χ3n) is 3.01. The summed E-state index contributed by atoms with van der Waals surface area (Å²) in [4.78, 5) is 4.45. The van der Waals surface area contributed by atoms with Gasteiger partial charge in [-0.05, 0) is 18.6 Å². The molecule has 6 heteroatoms. The standard InChI is InChI=1S/C14H19N3O2S/c1-3-8-17-11-15-9-12(17)10-16-13-6-4-5-7-14(13)20(2,18)19/h4-7,9,11,16H,3,8,10H2,1-2H3. The summed E-state index contributed by atoms with van der Waals surface area (Å²) >= 11 is 0. The van der Waals surface area contributed by atoms with Gasteiger partial charge in [-0.15, -0.1) is 0 Å². The van der Waals surface area contributed by atoms with Crippen LogP contribution in [-0.2, 0) is 22.9 Å². The summed E-state index contributed by atoms with van der Waals surface area (Å²) in [6.07, 6.45) is 5.84. The van der Waals surface area contributed by atoms with E-state index in [2.05, 4.69) is 21.8 Å². The molecule has 108 valence electrons. The van der Waals surface area contributed by atoms with Gasteiger partial charge in [-0.3, -0.25) is 0 Å². The highest BCUT2D eigenvalue weighted by molar-refractivity contribution is 7.90. The van der Waals surface area contributed by atoms with E-state index in [0.29, 0.717) is 17.1 Å². The van der Waals surface area contributed by atoms with Crippen LogP contribution in [0.15, 0.2) is 41.7 Å². The summed E-state index contributed by atoms with van der Waals surface area (Å²) in [6.45, 7) is 3.56. The van der Waals surface area contributed by atoms with E-state index in [9.17, 15) is 8.42 Å². The van der Waals surface area contributed by atoms with Gasteiger partial charge in [0.2, 0.25) is 0 Å². The molecule has 0 aliphatic heterocycles. The third-order valence-corrected chi connectivity index (χ3v) is 4.16. The zero-order valence-electron chi connectivity index (χ0n) is 11.7. The molecule has 0 amide bonds. The number of aryl methyl sites for hydroxylation is 1. The van der Waals surface area contributed by atoms with Crippen molar-refractivity contribution in [1.82, 2.24) is 9.55 Å². The van der Waals surface area contributed by atoms with Gasteiger partial charge >= 0.3 is 0 Å². The first-order valence-corrected chi connectivity index (χ1v) is 8.43. The van der Waals surface area contributed by atoms with Gasteiger partial charge in [0.25, 0.3) is 0 Å². The second-order valence-corrected chi connectivity index (χ2v) is 6.68. The van der Waals surface area contributed by atoms with E-state index >= 15 is 0 Å². The first-order valence-electron chi connectivity index (χ1n) is 6.54. The maximum absolute atomic E-state index is 11.7. The molecule has 0 saturated carbocycles. The van der Waals surface area contributed by atoms with Gasteiger partial charge in [-0.2, -0.15) is 0 Å². The van der Waals surface area contributed by atoms with Crippen LogP contribution in [0.2, 0.25) is 0 Å². The molecule has 0 spiro atoms. The summed E-state index contributed by atoms with van der Waals surface area (Å²) in [5.74, 6) is 0. The minimum Gasteiger partial charge on any atom is -0.378 e. The number of para-hydroxylation sites is 1. The van der Waals surface area contributed by atoms with E-state index in [-0.39, 0.29) is 0 Å². The van der Waals surface area contributed by atoms with E-state index in [1.54, 1.807) is 30.7 Å². The second kappa shape index (κ2) is 6.09. The van der Waals surface area contributed by atoms with Crippen molar-refractivity contribution in [2.75, 3.05) is 11.6 Å². The van der Waals surface area contributed by atoms with Crippen molar-refractivity contribution in [3.05, 3.63) is 42.5 Å². The number of sulfone groups is 1. The van der Waals surface area contributed by atoms with Crippen molar-refractivity contribution >= 4 is 15.5 Å². The number of imidazole rings is 1. The number of hydrogen-bond acceptors (Lipinski definition) is 4. The van der Waals surface area contributed by atoms with Crippen LogP contribution in [0.3, 0.4) is 0 Å². The number of nitrogens with zero attached hydrogens (tertiary/aromatic N) is 2. The van der Waals surface area contributed by atoms with Crippen LogP contribution in [0.25, 0.3) is 0 Å². The molecule has 1 aromatic carbocycles. The number of anilines is 1. The summed E-state index contributed by atoms with van der Waals surface area (Å²) in [7, 11) is -3.23. The van der Waals surface area contributed by atoms with Crippen LogP contribution in [-0.4, -0.2) is 24.2 Å². The SMILES string of the molecule is CCCn1cncc1CNc1ccccc1S(C)(=O)=O. The van der Waals surface area contributed by atoms with E-state index in [0.717, 1.165) is 18.7 Å². The van der Waals surface area contributed by atoms with Crippen LogP contribution in [0.4, 0.5) is 5.69 Å². The van der Waals surface area contributed by atoms with E-state index in [1.165, 1.54) is 6.26 Å². The molecule has 0 radical (unpaired) electrons. The van der Waals surface area contributed by atoms with Crippen molar-refractivity contribution in [2.45, 2.75) is 31.3 Å². The molecule has 0 bridgehead atoms. The maximum atomic E-state index is 11.7. The molecule has 2 aromatic rings. The highest BCUT2D eigenvalue weighted by atomic mass is 32.2. The van der Waals surface area contributed by atoms with Crippen LogP contribution >= 0.6 is 0 Å². The van der Waals surface area contributed by atoms with Crippen molar-refractivity contribution in [1.29, 1.82) is 0 Å². The van der Waals surface area contributed by atoms with Crippen molar-refractivity contribution in [2.24, 2.45) is 0 Å². The van der Waals surface area contributed by atoms with Crippen molar-refractivity contribution in [3.63, 3.8) is 0 Å². The Morgan fingerprint density at radius 3 is 2.75 bits per heavy atom. The fourth-order valence-electron chi connectivity index (χ4n) is 2.06. The monoisotopic (exact) mass is 293 g/mol. The number of nitrogens with one attached hydrogen (secondary N) is 1. The molecular formula is C14H19N3O2S. The summed E-state index contributed by atoms with van der Waals surface area (Å²) in [6, 6.07) is 6.93. The lowest BCUT2D eigenvalue weighted by molar-refractivity contribution is 0.602. The van der Waals surface area contributed by atoms with E-state index < -0.39 is 9.84 Å². The highest BCUT2D eigenvalue weighted by Gasteiger charge is 2.12. The third kappa shape index (κ3) is 3.39. The number of rotatable bonds is 6. The number of benzene rings is 1. The van der Waals surface area contributed by atoms with Crippen LogP contribution in [0.1, 0.15) is 19.0 Å². The van der Waals surface area contributed by atoms with Gasteiger partial charge < -0.3 is 9.88 Å². The molecule has 0 unspecified atom stereocenters. The molecule has 0 aliphatic carbocycles. The van der Waals surface area contributed by atoms with Gasteiger partial charge in [-0.1, -0.05) is 19.1 Å².